The van der Waals surface area contributed by atoms with Crippen LogP contribution in [0.15, 0.2) is 30.3 Å². The molecule has 0 aliphatic carbocycles. The lowest BCUT2D eigenvalue weighted by Gasteiger charge is -2.38. The smallest absolute Gasteiger partial charge is 0.307 e. The number of aliphatic hydroxyl groups excluding tert-OH is 3. The predicted octanol–water partition coefficient (Wildman–Crippen LogP) is 2.80. The van der Waals surface area contributed by atoms with Crippen LogP contribution in [0.1, 0.15) is 70.6 Å². The molecule has 1 aliphatic rings. The Kier molecular flexibility index (Phi) is 13.7. The maximum Gasteiger partial charge on any atom is 0.307 e. The van der Waals surface area contributed by atoms with Gasteiger partial charge in [0.1, 0.15) is 18.3 Å². The molecule has 1 fully saturated rings. The van der Waals surface area contributed by atoms with Crippen LogP contribution in [0.2, 0.25) is 0 Å². The molecule has 5 atom stereocenters. The normalized spacial score (nSPS) is 22.5. The number of unbranched alkanes of at least 4 members (excludes halogenated alkanes) is 4. The monoisotopic (exact) mass is 481 g/mol. The highest BCUT2D eigenvalue weighted by Crippen LogP contribution is 2.28. The number of carbonyl (C=O) groups excluding carboxylic acids is 1. The van der Waals surface area contributed by atoms with E-state index in [1.165, 1.54) is 0 Å². The average molecular weight is 482 g/mol. The lowest BCUT2D eigenvalue weighted by atomic mass is 10.0. The minimum atomic E-state index is -1.31. The Hall–Kier alpha value is -1.55. The zero-order chi connectivity index (χ0) is 24.8. The number of hydrogen-bond acceptors (Lipinski definition) is 8. The summed E-state index contributed by atoms with van der Waals surface area (Å²) in [7, 11) is 0. The van der Waals surface area contributed by atoms with E-state index in [9.17, 15) is 20.1 Å². The molecule has 1 aromatic rings. The van der Waals surface area contributed by atoms with E-state index in [-0.39, 0.29) is 25.5 Å². The lowest BCUT2D eigenvalue weighted by molar-refractivity contribution is -0.283. The summed E-state index contributed by atoms with van der Waals surface area (Å²) in [6.45, 7) is 5.92. The fraction of sp³-hybridized carbons (Fsp3) is 0.731. The Morgan fingerprint density at radius 1 is 1.09 bits per heavy atom. The van der Waals surface area contributed by atoms with E-state index in [1.807, 2.05) is 42.2 Å². The molecule has 0 aromatic heterocycles. The first kappa shape index (κ1) is 28.7. The van der Waals surface area contributed by atoms with Crippen LogP contribution in [0.5, 0.6) is 0 Å². The van der Waals surface area contributed by atoms with Gasteiger partial charge in [-0.25, -0.2) is 0 Å². The van der Waals surface area contributed by atoms with Crippen LogP contribution < -0.4 is 0 Å². The number of ether oxygens (including phenoxy) is 3. The summed E-state index contributed by atoms with van der Waals surface area (Å²) < 4.78 is 16.7. The summed E-state index contributed by atoms with van der Waals surface area (Å²) in [6, 6.07) is 9.29. The van der Waals surface area contributed by atoms with Gasteiger partial charge >= 0.3 is 5.97 Å². The molecule has 0 radical (unpaired) electrons. The second kappa shape index (κ2) is 16.2. The van der Waals surface area contributed by atoms with E-state index in [0.29, 0.717) is 19.7 Å². The maximum absolute atomic E-state index is 12.1. The quantitative estimate of drug-likeness (QED) is 0.244. The van der Waals surface area contributed by atoms with Crippen molar-refractivity contribution in [1.29, 1.82) is 0 Å². The molecule has 194 valence electrons. The van der Waals surface area contributed by atoms with Crippen molar-refractivity contribution in [2.24, 2.45) is 0 Å². The second-order valence-corrected chi connectivity index (χ2v) is 8.99. The van der Waals surface area contributed by atoms with Gasteiger partial charge in [-0.2, -0.15) is 0 Å². The molecule has 1 aliphatic heterocycles. The van der Waals surface area contributed by atoms with Gasteiger partial charge in [-0.05, 0) is 19.4 Å². The highest BCUT2D eigenvalue weighted by atomic mass is 16.7. The summed E-state index contributed by atoms with van der Waals surface area (Å²) >= 11 is 0. The third kappa shape index (κ3) is 9.98. The Bertz CT molecular complexity index is 674. The molecule has 0 spiro atoms. The number of hydrogen-bond donors (Lipinski definition) is 3. The number of rotatable bonds is 16. The zero-order valence-electron chi connectivity index (χ0n) is 20.7. The third-order valence-corrected chi connectivity index (χ3v) is 6.05. The van der Waals surface area contributed by atoms with Gasteiger partial charge in [-0.1, -0.05) is 69.9 Å². The fourth-order valence-corrected chi connectivity index (χ4v) is 3.95. The summed E-state index contributed by atoms with van der Waals surface area (Å²) in [5.74, 6) is -0.254. The van der Waals surface area contributed by atoms with Crippen molar-refractivity contribution in [2.75, 3.05) is 32.8 Å². The largest absolute Gasteiger partial charge is 0.466 e. The van der Waals surface area contributed by atoms with Gasteiger partial charge in [0, 0.05) is 18.7 Å². The molecule has 2 rings (SSSR count). The van der Waals surface area contributed by atoms with E-state index >= 15 is 0 Å². The summed E-state index contributed by atoms with van der Waals surface area (Å²) in [5, 5.41) is 32.0. The first-order valence-corrected chi connectivity index (χ1v) is 12.7. The molecule has 0 amide bonds. The van der Waals surface area contributed by atoms with Crippen LogP contribution in [0, 0.1) is 0 Å². The second-order valence-electron chi connectivity index (χ2n) is 8.99. The van der Waals surface area contributed by atoms with Crippen LogP contribution in [-0.4, -0.2) is 83.5 Å². The minimum absolute atomic E-state index is 0.00165. The van der Waals surface area contributed by atoms with Gasteiger partial charge in [0.15, 0.2) is 6.29 Å². The van der Waals surface area contributed by atoms with E-state index in [4.69, 9.17) is 14.2 Å². The molecule has 3 N–H and O–H groups in total. The van der Waals surface area contributed by atoms with Gasteiger partial charge in [0.25, 0.3) is 0 Å². The Morgan fingerprint density at radius 2 is 1.82 bits per heavy atom. The van der Waals surface area contributed by atoms with Gasteiger partial charge in [-0.15, -0.1) is 0 Å². The fourth-order valence-electron chi connectivity index (χ4n) is 3.95. The molecule has 0 bridgehead atoms. The van der Waals surface area contributed by atoms with Gasteiger partial charge in [0.2, 0.25) is 0 Å². The van der Waals surface area contributed by atoms with Gasteiger partial charge < -0.3 is 34.4 Å². The van der Waals surface area contributed by atoms with Crippen LogP contribution in [0.3, 0.4) is 0 Å². The molecule has 1 aromatic carbocycles. The molecular weight excluding hydrogens is 438 g/mol. The average Bonchev–Trinajstić information content (AvgIpc) is 2.85. The number of carbonyl (C=O) groups is 1. The van der Waals surface area contributed by atoms with Crippen LogP contribution in [-0.2, 0) is 19.0 Å². The summed E-state index contributed by atoms with van der Waals surface area (Å²) in [5.41, 5.74) is 0.778. The topological polar surface area (TPSA) is 109 Å². The number of aliphatic hydroxyl groups is 3. The molecular formula is C26H43NO7. The molecule has 1 heterocycles. The van der Waals surface area contributed by atoms with E-state index in [0.717, 1.165) is 44.1 Å². The highest BCUT2D eigenvalue weighted by molar-refractivity contribution is 5.69. The highest BCUT2D eigenvalue weighted by Gasteiger charge is 2.39. The molecule has 8 nitrogen and oxygen atoms in total. The first-order valence-electron chi connectivity index (χ1n) is 12.7. The first-order chi connectivity index (χ1) is 16.5. The molecule has 0 unspecified atom stereocenters. The molecule has 34 heavy (non-hydrogen) atoms. The van der Waals surface area contributed by atoms with Crippen molar-refractivity contribution in [3.8, 4) is 0 Å². The Morgan fingerprint density at radius 3 is 2.53 bits per heavy atom. The number of nitrogens with zero attached hydrogens (tertiary/aromatic N) is 1. The minimum Gasteiger partial charge on any atom is -0.466 e. The summed E-state index contributed by atoms with van der Waals surface area (Å²) in [4.78, 5) is 14.0. The van der Waals surface area contributed by atoms with Crippen LogP contribution in [0.4, 0.5) is 0 Å². The van der Waals surface area contributed by atoms with Crippen molar-refractivity contribution >= 4 is 5.97 Å². The van der Waals surface area contributed by atoms with Crippen LogP contribution >= 0.6 is 0 Å². The lowest BCUT2D eigenvalue weighted by Crippen LogP contribution is -2.54. The van der Waals surface area contributed by atoms with Crippen molar-refractivity contribution in [2.45, 2.75) is 89.5 Å². The SMILES string of the molecule is CCCCCCN(CCC(=O)OCCCC)C[C@H](O)[C@@H](O)[C@@H]1O[C@H](c2ccccc2)OC[C@H]1O. The Balaban J connectivity index is 1.93. The van der Waals surface area contributed by atoms with E-state index in [1.54, 1.807) is 0 Å². The Labute approximate surface area is 203 Å². The van der Waals surface area contributed by atoms with Crippen molar-refractivity contribution in [1.82, 2.24) is 4.90 Å². The van der Waals surface area contributed by atoms with E-state index < -0.39 is 30.7 Å². The standard InChI is InChI=1S/C26H43NO7/c1-3-5-7-11-15-27(16-14-23(30)32-17-6-4-2)18-21(28)24(31)25-22(29)19-33-26(34-25)20-12-9-8-10-13-20/h8-10,12-13,21-22,24-26,28-29,31H,3-7,11,14-19H2,1-2H3/t21-,22+,24+,25+,26+/m0/s1. The van der Waals surface area contributed by atoms with Gasteiger partial charge in [0.05, 0.1) is 25.7 Å². The molecule has 0 saturated carbocycles. The molecule has 1 saturated heterocycles. The van der Waals surface area contributed by atoms with Crippen molar-refractivity contribution in [3.05, 3.63) is 35.9 Å². The maximum atomic E-state index is 12.1. The predicted molar refractivity (Wildman–Crippen MR) is 129 cm³/mol. The molecule has 8 heteroatoms. The van der Waals surface area contributed by atoms with Gasteiger partial charge in [-0.3, -0.25) is 4.79 Å². The zero-order valence-corrected chi connectivity index (χ0v) is 20.7. The van der Waals surface area contributed by atoms with Crippen molar-refractivity contribution in [3.63, 3.8) is 0 Å². The third-order valence-electron chi connectivity index (χ3n) is 6.05. The van der Waals surface area contributed by atoms with E-state index in [2.05, 4.69) is 6.92 Å². The van der Waals surface area contributed by atoms with Crippen molar-refractivity contribution < 1.29 is 34.3 Å². The summed E-state index contributed by atoms with van der Waals surface area (Å²) in [6.07, 6.45) is 1.05. The number of esters is 1. The number of benzene rings is 1. The van der Waals surface area contributed by atoms with Crippen LogP contribution in [0.25, 0.3) is 0 Å².